The summed E-state index contributed by atoms with van der Waals surface area (Å²) in [6, 6.07) is 13.9. The molecular formula is C17H20N2O. The summed E-state index contributed by atoms with van der Waals surface area (Å²) in [5.41, 5.74) is 2.37. The molecule has 1 aromatic carbocycles. The van der Waals surface area contributed by atoms with Gasteiger partial charge in [-0.25, -0.2) is 0 Å². The first-order valence-electron chi connectivity index (χ1n) is 6.76. The van der Waals surface area contributed by atoms with E-state index in [1.165, 1.54) is 5.56 Å². The van der Waals surface area contributed by atoms with Gasteiger partial charge in [-0.15, -0.1) is 0 Å². The number of nitrogens with zero attached hydrogens (tertiary/aromatic N) is 1. The van der Waals surface area contributed by atoms with Gasteiger partial charge in [-0.2, -0.15) is 5.26 Å². The van der Waals surface area contributed by atoms with Crippen LogP contribution in [0.5, 0.6) is 0 Å². The predicted molar refractivity (Wildman–Crippen MR) is 79.0 cm³/mol. The Bertz CT molecular complexity index is 571. The van der Waals surface area contributed by atoms with Crippen LogP contribution in [-0.4, -0.2) is 0 Å². The van der Waals surface area contributed by atoms with Crippen molar-refractivity contribution in [2.24, 2.45) is 0 Å². The molecule has 1 aromatic heterocycles. The minimum absolute atomic E-state index is 0.127. The minimum atomic E-state index is -0.325. The quantitative estimate of drug-likeness (QED) is 0.914. The SMILES string of the molecule is CC(C)(C)c1ccc(C(C#N)NCc2ccco2)cc1. The Kier molecular flexibility index (Phi) is 4.26. The third-order valence-electron chi connectivity index (χ3n) is 3.30. The molecule has 0 radical (unpaired) electrons. The first kappa shape index (κ1) is 14.4. The Morgan fingerprint density at radius 3 is 2.40 bits per heavy atom. The predicted octanol–water partition coefficient (Wildman–Crippen LogP) is 3.93. The fourth-order valence-corrected chi connectivity index (χ4v) is 2.03. The Balaban J connectivity index is 2.06. The van der Waals surface area contributed by atoms with Crippen LogP contribution < -0.4 is 5.32 Å². The Morgan fingerprint density at radius 1 is 1.20 bits per heavy atom. The average Bonchev–Trinajstić information content (AvgIpc) is 2.92. The molecule has 0 spiro atoms. The van der Waals surface area contributed by atoms with Gasteiger partial charge >= 0.3 is 0 Å². The molecule has 104 valence electrons. The number of nitriles is 1. The molecule has 0 bridgehead atoms. The molecule has 20 heavy (non-hydrogen) atoms. The third kappa shape index (κ3) is 3.49. The van der Waals surface area contributed by atoms with Crippen molar-refractivity contribution in [2.45, 2.75) is 38.8 Å². The van der Waals surface area contributed by atoms with Gasteiger partial charge in [0.25, 0.3) is 0 Å². The number of hydrogen-bond donors (Lipinski definition) is 1. The van der Waals surface area contributed by atoms with E-state index < -0.39 is 0 Å². The molecule has 3 nitrogen and oxygen atoms in total. The Hall–Kier alpha value is -2.05. The highest BCUT2D eigenvalue weighted by atomic mass is 16.3. The number of nitrogens with one attached hydrogen (secondary N) is 1. The summed E-state index contributed by atoms with van der Waals surface area (Å²) in [5.74, 6) is 0.830. The molecule has 2 aromatic rings. The zero-order chi connectivity index (χ0) is 14.6. The lowest BCUT2D eigenvalue weighted by Crippen LogP contribution is -2.19. The standard InChI is InChI=1S/C17H20N2O/c1-17(2,3)14-8-6-13(7-9-14)16(11-18)19-12-15-5-4-10-20-15/h4-10,16,19H,12H2,1-3H3. The summed E-state index contributed by atoms with van der Waals surface area (Å²) in [6.45, 7) is 7.09. The van der Waals surface area contributed by atoms with E-state index in [9.17, 15) is 5.26 Å². The summed E-state index contributed by atoms with van der Waals surface area (Å²) in [4.78, 5) is 0. The molecule has 1 atom stereocenters. The van der Waals surface area contributed by atoms with Crippen LogP contribution in [0.15, 0.2) is 47.1 Å². The van der Waals surface area contributed by atoms with E-state index in [4.69, 9.17) is 4.42 Å². The lowest BCUT2D eigenvalue weighted by atomic mass is 9.86. The number of hydrogen-bond acceptors (Lipinski definition) is 3. The van der Waals surface area contributed by atoms with Crippen molar-refractivity contribution >= 4 is 0 Å². The van der Waals surface area contributed by atoms with Gasteiger partial charge in [-0.3, -0.25) is 5.32 Å². The van der Waals surface area contributed by atoms with Crippen molar-refractivity contribution in [3.8, 4) is 6.07 Å². The van der Waals surface area contributed by atoms with Crippen molar-refractivity contribution in [3.63, 3.8) is 0 Å². The molecule has 0 fully saturated rings. The average molecular weight is 268 g/mol. The highest BCUT2D eigenvalue weighted by Gasteiger charge is 2.15. The zero-order valence-electron chi connectivity index (χ0n) is 12.2. The monoisotopic (exact) mass is 268 g/mol. The van der Waals surface area contributed by atoms with Crippen LogP contribution in [-0.2, 0) is 12.0 Å². The van der Waals surface area contributed by atoms with Crippen molar-refractivity contribution in [1.82, 2.24) is 5.32 Å². The summed E-state index contributed by atoms with van der Waals surface area (Å²) in [5, 5.41) is 12.5. The highest BCUT2D eigenvalue weighted by molar-refractivity contribution is 5.31. The van der Waals surface area contributed by atoms with E-state index in [-0.39, 0.29) is 11.5 Å². The number of furan rings is 1. The van der Waals surface area contributed by atoms with Crippen molar-refractivity contribution in [2.75, 3.05) is 0 Å². The van der Waals surface area contributed by atoms with Crippen molar-refractivity contribution in [1.29, 1.82) is 5.26 Å². The lowest BCUT2D eigenvalue weighted by molar-refractivity contribution is 0.473. The topological polar surface area (TPSA) is 49.0 Å². The number of rotatable bonds is 4. The van der Waals surface area contributed by atoms with Gasteiger partial charge in [0.15, 0.2) is 0 Å². The van der Waals surface area contributed by atoms with Gasteiger partial charge in [0.2, 0.25) is 0 Å². The molecule has 2 rings (SSSR count). The van der Waals surface area contributed by atoms with Crippen LogP contribution in [0.2, 0.25) is 0 Å². The molecule has 1 N–H and O–H groups in total. The minimum Gasteiger partial charge on any atom is -0.468 e. The normalized spacial score (nSPS) is 12.9. The molecule has 0 saturated heterocycles. The molecule has 3 heteroatoms. The first-order chi connectivity index (χ1) is 9.50. The van der Waals surface area contributed by atoms with Gasteiger partial charge in [0, 0.05) is 0 Å². The van der Waals surface area contributed by atoms with E-state index in [1.807, 2.05) is 24.3 Å². The molecule has 0 aliphatic heterocycles. The van der Waals surface area contributed by atoms with Crippen molar-refractivity contribution in [3.05, 3.63) is 59.5 Å². The van der Waals surface area contributed by atoms with Crippen LogP contribution in [0, 0.1) is 11.3 Å². The lowest BCUT2D eigenvalue weighted by Gasteiger charge is -2.20. The van der Waals surface area contributed by atoms with Gasteiger partial charge in [0.05, 0.1) is 18.9 Å². The number of benzene rings is 1. The van der Waals surface area contributed by atoms with Gasteiger partial charge in [-0.05, 0) is 28.7 Å². The summed E-state index contributed by atoms with van der Waals surface area (Å²) in [7, 11) is 0. The maximum Gasteiger partial charge on any atom is 0.121 e. The maximum atomic E-state index is 9.29. The van der Waals surface area contributed by atoms with Crippen LogP contribution in [0.4, 0.5) is 0 Å². The van der Waals surface area contributed by atoms with Gasteiger partial charge < -0.3 is 4.42 Å². The highest BCUT2D eigenvalue weighted by Crippen LogP contribution is 2.24. The second-order valence-electron chi connectivity index (χ2n) is 5.89. The van der Waals surface area contributed by atoms with E-state index in [1.54, 1.807) is 6.26 Å². The second kappa shape index (κ2) is 5.94. The largest absolute Gasteiger partial charge is 0.468 e. The maximum absolute atomic E-state index is 9.29. The van der Waals surface area contributed by atoms with E-state index >= 15 is 0 Å². The third-order valence-corrected chi connectivity index (χ3v) is 3.30. The summed E-state index contributed by atoms with van der Waals surface area (Å²) < 4.78 is 5.26. The van der Waals surface area contributed by atoms with Crippen LogP contribution >= 0.6 is 0 Å². The molecule has 0 amide bonds. The molecule has 1 heterocycles. The molecule has 0 saturated carbocycles. The van der Waals surface area contributed by atoms with E-state index in [0.29, 0.717) is 6.54 Å². The fraction of sp³-hybridized carbons (Fsp3) is 0.353. The molecule has 1 unspecified atom stereocenters. The van der Waals surface area contributed by atoms with Crippen LogP contribution in [0.25, 0.3) is 0 Å². The zero-order valence-corrected chi connectivity index (χ0v) is 12.2. The first-order valence-corrected chi connectivity index (χ1v) is 6.76. The second-order valence-corrected chi connectivity index (χ2v) is 5.89. The molecular weight excluding hydrogens is 248 g/mol. The van der Waals surface area contributed by atoms with E-state index in [2.05, 4.69) is 44.3 Å². The smallest absolute Gasteiger partial charge is 0.121 e. The van der Waals surface area contributed by atoms with E-state index in [0.717, 1.165) is 11.3 Å². The summed E-state index contributed by atoms with van der Waals surface area (Å²) >= 11 is 0. The molecule has 0 aliphatic carbocycles. The molecule has 0 aliphatic rings. The van der Waals surface area contributed by atoms with Crippen LogP contribution in [0.1, 0.15) is 43.7 Å². The summed E-state index contributed by atoms with van der Waals surface area (Å²) in [6.07, 6.45) is 1.64. The van der Waals surface area contributed by atoms with Gasteiger partial charge in [-0.1, -0.05) is 45.0 Å². The van der Waals surface area contributed by atoms with Gasteiger partial charge in [0.1, 0.15) is 11.8 Å². The Morgan fingerprint density at radius 2 is 1.90 bits per heavy atom. The van der Waals surface area contributed by atoms with Crippen LogP contribution in [0.3, 0.4) is 0 Å². The Labute approximate surface area is 120 Å². The fourth-order valence-electron chi connectivity index (χ4n) is 2.03. The van der Waals surface area contributed by atoms with Crippen molar-refractivity contribution < 1.29 is 4.42 Å².